The van der Waals surface area contributed by atoms with Gasteiger partial charge in [-0.15, -0.1) is 11.3 Å². The summed E-state index contributed by atoms with van der Waals surface area (Å²) in [5.41, 5.74) is 1.47. The Hall–Kier alpha value is -3.30. The molecule has 3 heterocycles. The van der Waals surface area contributed by atoms with E-state index in [2.05, 4.69) is 20.5 Å². The van der Waals surface area contributed by atoms with Crippen molar-refractivity contribution in [1.29, 1.82) is 0 Å². The highest BCUT2D eigenvalue weighted by Crippen LogP contribution is 2.26. The maximum atomic E-state index is 12.9. The zero-order valence-electron chi connectivity index (χ0n) is 16.1. The zero-order chi connectivity index (χ0) is 20.9. The number of benzene rings is 1. The van der Waals surface area contributed by atoms with Crippen LogP contribution in [-0.2, 0) is 11.4 Å². The number of rotatable bonds is 7. The summed E-state index contributed by atoms with van der Waals surface area (Å²) >= 11 is 6.89. The molecule has 1 atom stereocenters. The van der Waals surface area contributed by atoms with Gasteiger partial charge in [-0.25, -0.2) is 0 Å². The third-order valence-electron chi connectivity index (χ3n) is 4.43. The number of carbonyl (C=O) groups excluding carboxylic acids is 1. The average molecular weight is 438 g/mol. The largest absolute Gasteiger partial charge is 0.487 e. The van der Waals surface area contributed by atoms with Gasteiger partial charge in [0.05, 0.1) is 10.6 Å². The van der Waals surface area contributed by atoms with Crippen molar-refractivity contribution in [2.24, 2.45) is 0 Å². The number of nitrogens with zero attached hydrogens (tertiary/aromatic N) is 3. The number of hydrogen-bond acceptors (Lipinski definition) is 6. The molecule has 2 N–H and O–H groups in total. The molecule has 0 aliphatic rings. The van der Waals surface area contributed by atoms with Gasteiger partial charge in [0.25, 0.3) is 0 Å². The van der Waals surface area contributed by atoms with Gasteiger partial charge in [-0.2, -0.15) is 5.10 Å². The molecule has 152 valence electrons. The lowest BCUT2D eigenvalue weighted by Crippen LogP contribution is -2.24. The van der Waals surface area contributed by atoms with Crippen LogP contribution < -0.4 is 10.1 Å². The Labute approximate surface area is 182 Å². The third kappa shape index (κ3) is 4.47. The molecule has 0 saturated carbocycles. The zero-order valence-corrected chi connectivity index (χ0v) is 17.7. The van der Waals surface area contributed by atoms with Crippen LogP contribution in [0.25, 0.3) is 10.7 Å². The molecule has 30 heavy (non-hydrogen) atoms. The van der Waals surface area contributed by atoms with Crippen molar-refractivity contribution in [1.82, 2.24) is 19.7 Å². The fourth-order valence-electron chi connectivity index (χ4n) is 2.91. The van der Waals surface area contributed by atoms with E-state index in [4.69, 9.17) is 17.0 Å². The number of thiophene rings is 1. The highest BCUT2D eigenvalue weighted by atomic mass is 32.1. The fourth-order valence-corrected chi connectivity index (χ4v) is 3.91. The van der Waals surface area contributed by atoms with Gasteiger partial charge in [0.15, 0.2) is 10.6 Å². The molecule has 0 radical (unpaired) electrons. The lowest BCUT2D eigenvalue weighted by molar-refractivity contribution is -0.118. The lowest BCUT2D eigenvalue weighted by Gasteiger charge is -2.16. The monoisotopic (exact) mass is 437 g/mol. The smallest absolute Gasteiger partial charge is 0.247 e. The average Bonchev–Trinajstić information content (AvgIpc) is 3.42. The molecule has 9 heteroatoms. The molecule has 0 aliphatic heterocycles. The summed E-state index contributed by atoms with van der Waals surface area (Å²) in [5, 5.41) is 12.0. The minimum absolute atomic E-state index is 0.202. The Kier molecular flexibility index (Phi) is 6.01. The Morgan fingerprint density at radius 1 is 1.27 bits per heavy atom. The molecular formula is C21H19N5O2S2. The van der Waals surface area contributed by atoms with Gasteiger partial charge in [0.1, 0.15) is 18.4 Å². The predicted octanol–water partition coefficient (Wildman–Crippen LogP) is 4.84. The van der Waals surface area contributed by atoms with Crippen LogP contribution in [0.4, 0.5) is 5.69 Å². The summed E-state index contributed by atoms with van der Waals surface area (Å²) in [4.78, 5) is 18.1. The van der Waals surface area contributed by atoms with Gasteiger partial charge in [0, 0.05) is 18.0 Å². The van der Waals surface area contributed by atoms with Crippen molar-refractivity contribution in [3.63, 3.8) is 0 Å². The second kappa shape index (κ2) is 9.02. The van der Waals surface area contributed by atoms with E-state index in [0.717, 1.165) is 10.6 Å². The fraction of sp³-hybridized carbons (Fsp3) is 0.143. The van der Waals surface area contributed by atoms with Crippen LogP contribution in [0.1, 0.15) is 18.7 Å². The van der Waals surface area contributed by atoms with Crippen LogP contribution >= 0.6 is 23.6 Å². The Bertz CT molecular complexity index is 1190. The van der Waals surface area contributed by atoms with E-state index in [1.54, 1.807) is 23.8 Å². The first kappa shape index (κ1) is 20.0. The van der Waals surface area contributed by atoms with E-state index in [9.17, 15) is 4.79 Å². The van der Waals surface area contributed by atoms with Gasteiger partial charge in [-0.1, -0.05) is 18.2 Å². The number of amides is 1. The Morgan fingerprint density at radius 2 is 2.17 bits per heavy atom. The van der Waals surface area contributed by atoms with Gasteiger partial charge in [-0.3, -0.25) is 19.4 Å². The maximum absolute atomic E-state index is 12.9. The Morgan fingerprint density at radius 3 is 2.93 bits per heavy atom. The molecule has 0 aliphatic carbocycles. The van der Waals surface area contributed by atoms with Gasteiger partial charge in [0.2, 0.25) is 5.91 Å². The maximum Gasteiger partial charge on any atom is 0.247 e. The van der Waals surface area contributed by atoms with E-state index < -0.39 is 6.04 Å². The van der Waals surface area contributed by atoms with E-state index >= 15 is 0 Å². The SMILES string of the molecule is CC(C(=O)Nc1cccc(OCc2ccccn2)c1)n1c(-c2cccs2)n[nH]c1=S. The molecule has 0 bridgehead atoms. The summed E-state index contributed by atoms with van der Waals surface area (Å²) in [6.45, 7) is 2.14. The number of anilines is 1. The molecule has 1 unspecified atom stereocenters. The summed E-state index contributed by atoms with van der Waals surface area (Å²) < 4.78 is 7.90. The topological polar surface area (TPSA) is 84.8 Å². The minimum atomic E-state index is -0.550. The number of hydrogen-bond donors (Lipinski definition) is 2. The van der Waals surface area contributed by atoms with Crippen LogP contribution in [0.15, 0.2) is 66.2 Å². The van der Waals surface area contributed by atoms with Crippen LogP contribution in [-0.4, -0.2) is 25.7 Å². The minimum Gasteiger partial charge on any atom is -0.487 e. The van der Waals surface area contributed by atoms with E-state index in [1.807, 2.05) is 53.9 Å². The van der Waals surface area contributed by atoms with Crippen LogP contribution in [0, 0.1) is 4.77 Å². The number of aromatic amines is 1. The molecule has 1 amide bonds. The first-order valence-corrected chi connectivity index (χ1v) is 10.5. The third-order valence-corrected chi connectivity index (χ3v) is 5.58. The number of aromatic nitrogens is 4. The van der Waals surface area contributed by atoms with Gasteiger partial charge >= 0.3 is 0 Å². The van der Waals surface area contributed by atoms with Crippen molar-refractivity contribution >= 4 is 35.1 Å². The van der Waals surface area contributed by atoms with Crippen molar-refractivity contribution in [2.75, 3.05) is 5.32 Å². The quantitative estimate of drug-likeness (QED) is 0.404. The number of pyridine rings is 1. The van der Waals surface area contributed by atoms with Crippen molar-refractivity contribution in [2.45, 2.75) is 19.6 Å². The summed E-state index contributed by atoms with van der Waals surface area (Å²) in [6.07, 6.45) is 1.72. The van der Waals surface area contributed by atoms with E-state index in [-0.39, 0.29) is 5.91 Å². The van der Waals surface area contributed by atoms with Crippen LogP contribution in [0.3, 0.4) is 0 Å². The highest BCUT2D eigenvalue weighted by Gasteiger charge is 2.21. The van der Waals surface area contributed by atoms with Crippen LogP contribution in [0.5, 0.6) is 5.75 Å². The second-order valence-corrected chi connectivity index (χ2v) is 7.84. The van der Waals surface area contributed by atoms with Crippen LogP contribution in [0.2, 0.25) is 0 Å². The second-order valence-electron chi connectivity index (χ2n) is 6.50. The first-order chi connectivity index (χ1) is 14.6. The molecule has 0 saturated heterocycles. The number of H-pyrrole nitrogens is 1. The molecule has 7 nitrogen and oxygen atoms in total. The summed E-state index contributed by atoms with van der Waals surface area (Å²) in [5.74, 6) is 1.09. The lowest BCUT2D eigenvalue weighted by atomic mass is 10.2. The highest BCUT2D eigenvalue weighted by molar-refractivity contribution is 7.71. The van der Waals surface area contributed by atoms with Crippen molar-refractivity contribution < 1.29 is 9.53 Å². The molecule has 4 aromatic rings. The molecule has 4 rings (SSSR count). The standard InChI is InChI=1S/C21H19N5O2S2/c1-14(26-19(24-25-21(26)29)18-9-5-11-30-18)20(27)23-15-7-4-8-17(12-15)28-13-16-6-2-3-10-22-16/h2-12,14H,13H2,1H3,(H,23,27)(H,25,29). The Balaban J connectivity index is 1.47. The molecular weight excluding hydrogens is 418 g/mol. The van der Waals surface area contributed by atoms with Gasteiger partial charge in [-0.05, 0) is 54.9 Å². The molecule has 0 fully saturated rings. The first-order valence-electron chi connectivity index (χ1n) is 9.26. The molecule has 0 spiro atoms. The van der Waals surface area contributed by atoms with E-state index in [0.29, 0.717) is 28.6 Å². The molecule has 3 aromatic heterocycles. The normalized spacial score (nSPS) is 11.8. The summed E-state index contributed by atoms with van der Waals surface area (Å²) in [7, 11) is 0. The number of nitrogens with one attached hydrogen (secondary N) is 2. The number of carbonyl (C=O) groups is 1. The predicted molar refractivity (Wildman–Crippen MR) is 119 cm³/mol. The van der Waals surface area contributed by atoms with Crippen molar-refractivity contribution in [3.8, 4) is 16.5 Å². The summed E-state index contributed by atoms with van der Waals surface area (Å²) in [6, 6.07) is 16.3. The van der Waals surface area contributed by atoms with Gasteiger partial charge < -0.3 is 10.1 Å². The number of ether oxygens (including phenoxy) is 1. The van der Waals surface area contributed by atoms with E-state index in [1.165, 1.54) is 11.3 Å². The molecule has 1 aromatic carbocycles. The van der Waals surface area contributed by atoms with Crippen molar-refractivity contribution in [3.05, 3.63) is 76.6 Å².